The van der Waals surface area contributed by atoms with Crippen LogP contribution in [0.4, 0.5) is 0 Å². The first-order valence-corrected chi connectivity index (χ1v) is 12.5. The van der Waals surface area contributed by atoms with E-state index in [0.29, 0.717) is 31.1 Å². The first kappa shape index (κ1) is 23.8. The second-order valence-electron chi connectivity index (χ2n) is 10.3. The first-order chi connectivity index (χ1) is 16.8. The lowest BCUT2D eigenvalue weighted by Gasteiger charge is -2.62. The topological polar surface area (TPSA) is 69.2 Å². The molecule has 35 heavy (non-hydrogen) atoms. The van der Waals surface area contributed by atoms with Gasteiger partial charge in [-0.25, -0.2) is 4.98 Å². The third kappa shape index (κ3) is 4.08. The number of carbonyl (C=O) groups is 2. The minimum absolute atomic E-state index is 0.0178. The van der Waals surface area contributed by atoms with Crippen molar-refractivity contribution in [2.45, 2.75) is 37.9 Å². The van der Waals surface area contributed by atoms with Gasteiger partial charge in [0.15, 0.2) is 0 Å². The molecule has 0 aliphatic carbocycles. The number of carbonyl (C=O) groups excluding carboxylic acids is 2. The number of likely N-dealkylation sites (N-methyl/N-ethyl adjacent to an activating group) is 1. The van der Waals surface area contributed by atoms with Gasteiger partial charge in [-0.15, -0.1) is 0 Å². The number of hydrogen-bond acceptors (Lipinski definition) is 6. The van der Waals surface area contributed by atoms with Gasteiger partial charge in [0.1, 0.15) is 0 Å². The second-order valence-corrected chi connectivity index (χ2v) is 10.3. The van der Waals surface area contributed by atoms with Crippen molar-refractivity contribution >= 4 is 11.8 Å². The quantitative estimate of drug-likeness (QED) is 0.657. The monoisotopic (exact) mass is 477 g/mol. The fourth-order valence-corrected chi connectivity index (χ4v) is 6.09. The highest BCUT2D eigenvalue weighted by atomic mass is 16.5. The zero-order valence-corrected chi connectivity index (χ0v) is 21.1. The third-order valence-electron chi connectivity index (χ3n) is 7.69. The molecule has 1 unspecified atom stereocenters. The molecule has 8 nitrogen and oxygen atoms in total. The number of benzene rings is 1. The zero-order chi connectivity index (χ0) is 24.7. The Bertz CT molecular complexity index is 1110. The number of rotatable bonds is 5. The number of likely N-dealkylation sites (tertiary alicyclic amines) is 1. The number of methoxy groups -OCH3 is 1. The van der Waals surface area contributed by atoms with E-state index in [-0.39, 0.29) is 23.8 Å². The van der Waals surface area contributed by atoms with Crippen molar-refractivity contribution in [3.63, 3.8) is 0 Å². The van der Waals surface area contributed by atoms with Gasteiger partial charge < -0.3 is 19.4 Å². The SMILES string of the molecule is COc1cccc(CN2CC3(C2)C(C(=O)N2CCN(C)CC2)c2ccccc2C(=O)N3C(C)C)n1. The average Bonchev–Trinajstić information content (AvgIpc) is 2.83. The van der Waals surface area contributed by atoms with Crippen LogP contribution < -0.4 is 4.74 Å². The van der Waals surface area contributed by atoms with E-state index >= 15 is 0 Å². The Morgan fingerprint density at radius 1 is 1.09 bits per heavy atom. The van der Waals surface area contributed by atoms with E-state index in [1.165, 1.54) is 0 Å². The smallest absolute Gasteiger partial charge is 0.254 e. The molecular weight excluding hydrogens is 442 g/mol. The fraction of sp³-hybridized carbons (Fsp3) is 0.519. The highest BCUT2D eigenvalue weighted by Gasteiger charge is 2.61. The third-order valence-corrected chi connectivity index (χ3v) is 7.69. The summed E-state index contributed by atoms with van der Waals surface area (Å²) in [6, 6.07) is 13.5. The summed E-state index contributed by atoms with van der Waals surface area (Å²) in [5, 5.41) is 0. The molecule has 1 atom stereocenters. The van der Waals surface area contributed by atoms with E-state index in [1.54, 1.807) is 7.11 Å². The summed E-state index contributed by atoms with van der Waals surface area (Å²) in [4.78, 5) is 41.0. The molecule has 2 saturated heterocycles. The molecule has 1 spiro atoms. The molecule has 2 aromatic rings. The van der Waals surface area contributed by atoms with Crippen LogP contribution in [0.15, 0.2) is 42.5 Å². The highest BCUT2D eigenvalue weighted by molar-refractivity contribution is 6.02. The number of fused-ring (bicyclic) bond motifs is 1. The minimum atomic E-state index is -0.571. The van der Waals surface area contributed by atoms with Crippen LogP contribution in [0.2, 0.25) is 0 Å². The molecule has 1 aromatic heterocycles. The van der Waals surface area contributed by atoms with E-state index in [9.17, 15) is 9.59 Å². The first-order valence-electron chi connectivity index (χ1n) is 12.5. The minimum Gasteiger partial charge on any atom is -0.481 e. The van der Waals surface area contributed by atoms with Crippen LogP contribution in [0.5, 0.6) is 5.88 Å². The maximum absolute atomic E-state index is 14.2. The lowest BCUT2D eigenvalue weighted by molar-refractivity contribution is -0.146. The van der Waals surface area contributed by atoms with Crippen molar-refractivity contribution in [3.05, 3.63) is 59.3 Å². The molecule has 0 radical (unpaired) electrons. The van der Waals surface area contributed by atoms with E-state index in [1.807, 2.05) is 52.3 Å². The van der Waals surface area contributed by atoms with E-state index in [4.69, 9.17) is 4.74 Å². The Hall–Kier alpha value is -2.97. The summed E-state index contributed by atoms with van der Waals surface area (Å²) < 4.78 is 5.29. The Balaban J connectivity index is 1.50. The predicted molar refractivity (Wildman–Crippen MR) is 133 cm³/mol. The summed E-state index contributed by atoms with van der Waals surface area (Å²) in [5.74, 6) is 0.378. The summed E-state index contributed by atoms with van der Waals surface area (Å²) in [5.41, 5.74) is 1.88. The summed E-state index contributed by atoms with van der Waals surface area (Å²) in [6.45, 7) is 9.20. The van der Waals surface area contributed by atoms with Gasteiger partial charge in [0, 0.05) is 63.5 Å². The number of nitrogens with zero attached hydrogens (tertiary/aromatic N) is 5. The lowest BCUT2D eigenvalue weighted by atomic mass is 9.67. The predicted octanol–water partition coefficient (Wildman–Crippen LogP) is 2.07. The molecule has 0 bridgehead atoms. The van der Waals surface area contributed by atoms with Crippen molar-refractivity contribution in [3.8, 4) is 5.88 Å². The summed E-state index contributed by atoms with van der Waals surface area (Å²) in [7, 11) is 3.71. The van der Waals surface area contributed by atoms with Crippen molar-refractivity contribution in [1.82, 2.24) is 24.6 Å². The van der Waals surface area contributed by atoms with Crippen molar-refractivity contribution in [2.24, 2.45) is 0 Å². The number of ether oxygens (including phenoxy) is 1. The molecule has 4 heterocycles. The van der Waals surface area contributed by atoms with E-state index in [2.05, 4.69) is 35.7 Å². The number of hydrogen-bond donors (Lipinski definition) is 0. The van der Waals surface area contributed by atoms with Gasteiger partial charge >= 0.3 is 0 Å². The zero-order valence-electron chi connectivity index (χ0n) is 21.1. The van der Waals surface area contributed by atoms with Crippen LogP contribution in [0, 0.1) is 0 Å². The van der Waals surface area contributed by atoms with Crippen LogP contribution >= 0.6 is 0 Å². The van der Waals surface area contributed by atoms with Crippen LogP contribution in [-0.4, -0.2) is 101 Å². The fourth-order valence-electron chi connectivity index (χ4n) is 6.09. The second kappa shape index (κ2) is 9.24. The van der Waals surface area contributed by atoms with Gasteiger partial charge in [0.2, 0.25) is 11.8 Å². The number of pyridine rings is 1. The number of amides is 2. The molecule has 8 heteroatoms. The number of aromatic nitrogens is 1. The van der Waals surface area contributed by atoms with Crippen LogP contribution in [0.25, 0.3) is 0 Å². The maximum atomic E-state index is 14.2. The van der Waals surface area contributed by atoms with Crippen molar-refractivity contribution in [1.29, 1.82) is 0 Å². The van der Waals surface area contributed by atoms with Gasteiger partial charge in [-0.3, -0.25) is 14.5 Å². The van der Waals surface area contributed by atoms with E-state index < -0.39 is 5.54 Å². The molecule has 0 N–H and O–H groups in total. The largest absolute Gasteiger partial charge is 0.481 e. The molecule has 0 saturated carbocycles. The molecule has 5 rings (SSSR count). The molecule has 2 fully saturated rings. The van der Waals surface area contributed by atoms with Gasteiger partial charge in [0.05, 0.1) is 24.3 Å². The summed E-state index contributed by atoms with van der Waals surface area (Å²) >= 11 is 0. The summed E-state index contributed by atoms with van der Waals surface area (Å²) in [6.07, 6.45) is 0. The highest BCUT2D eigenvalue weighted by Crippen LogP contribution is 2.48. The molecule has 1 aromatic carbocycles. The Labute approximate surface area is 207 Å². The average molecular weight is 478 g/mol. The number of piperazine rings is 1. The van der Waals surface area contributed by atoms with Crippen molar-refractivity contribution in [2.75, 3.05) is 53.4 Å². The Kier molecular flexibility index (Phi) is 6.27. The Morgan fingerprint density at radius 3 is 2.49 bits per heavy atom. The molecule has 3 aliphatic heterocycles. The van der Waals surface area contributed by atoms with Gasteiger partial charge in [0.25, 0.3) is 5.91 Å². The van der Waals surface area contributed by atoms with Crippen LogP contribution in [-0.2, 0) is 11.3 Å². The lowest BCUT2D eigenvalue weighted by Crippen LogP contribution is -2.77. The van der Waals surface area contributed by atoms with Crippen molar-refractivity contribution < 1.29 is 14.3 Å². The van der Waals surface area contributed by atoms with Gasteiger partial charge in [-0.05, 0) is 38.6 Å². The molecule has 3 aliphatic rings. The normalized spacial score (nSPS) is 22.3. The molecular formula is C27H35N5O3. The van der Waals surface area contributed by atoms with Crippen LogP contribution in [0.3, 0.4) is 0 Å². The maximum Gasteiger partial charge on any atom is 0.254 e. The van der Waals surface area contributed by atoms with Gasteiger partial charge in [-0.1, -0.05) is 24.3 Å². The van der Waals surface area contributed by atoms with Gasteiger partial charge in [-0.2, -0.15) is 0 Å². The standard InChI is InChI=1S/C27H35N5O3/c1-19(2)32-25(33)22-10-6-5-9-21(22)24(26(34)31-14-12-29(3)13-15-31)27(32)17-30(18-27)16-20-8-7-11-23(28-20)35-4/h5-11,19,24H,12-18H2,1-4H3. The Morgan fingerprint density at radius 2 is 1.80 bits per heavy atom. The molecule has 2 amide bonds. The van der Waals surface area contributed by atoms with Crippen LogP contribution in [0.1, 0.15) is 41.4 Å². The van der Waals surface area contributed by atoms with E-state index in [0.717, 1.165) is 37.4 Å². The molecule has 186 valence electrons.